The summed E-state index contributed by atoms with van der Waals surface area (Å²) in [6.45, 7) is 2.19. The first kappa shape index (κ1) is 19.1. The molecule has 2 atom stereocenters. The molecule has 4 fully saturated rings. The second-order valence-corrected chi connectivity index (χ2v) is 12.3. The minimum atomic E-state index is -0.278. The molecule has 0 aliphatic heterocycles. The van der Waals surface area contributed by atoms with Gasteiger partial charge >= 0.3 is 5.97 Å². The molecule has 4 bridgehead atoms. The molecule has 0 aromatic carbocycles. The first-order valence-electron chi connectivity index (χ1n) is 10.7. The van der Waals surface area contributed by atoms with E-state index < -0.39 is 0 Å². The number of anilines is 1. The van der Waals surface area contributed by atoms with Gasteiger partial charge in [-0.15, -0.1) is 11.3 Å². The van der Waals surface area contributed by atoms with Crippen LogP contribution in [0, 0.1) is 17.3 Å². The first-order valence-corrected chi connectivity index (χ1v) is 12.3. The van der Waals surface area contributed by atoms with Gasteiger partial charge < -0.3 is 10.1 Å². The highest BCUT2D eigenvalue weighted by molar-refractivity contribution is 9.10. The summed E-state index contributed by atoms with van der Waals surface area (Å²) in [5, 5.41) is 3.97. The summed E-state index contributed by atoms with van der Waals surface area (Å²) in [5.74, 6) is 1.18. The smallest absolute Gasteiger partial charge is 0.341 e. The number of thiophene rings is 1. The highest BCUT2D eigenvalue weighted by Crippen LogP contribution is 2.64. The van der Waals surface area contributed by atoms with Crippen molar-refractivity contribution in [2.75, 3.05) is 11.9 Å². The molecule has 6 heteroatoms. The summed E-state index contributed by atoms with van der Waals surface area (Å²) >= 11 is 5.60. The Labute approximate surface area is 178 Å². The van der Waals surface area contributed by atoms with Crippen LogP contribution in [0.5, 0.6) is 0 Å². The maximum absolute atomic E-state index is 13.6. The number of aryl methyl sites for hydroxylation is 1. The van der Waals surface area contributed by atoms with Crippen LogP contribution in [0.4, 0.5) is 5.00 Å². The Morgan fingerprint density at radius 2 is 1.89 bits per heavy atom. The van der Waals surface area contributed by atoms with E-state index in [2.05, 4.69) is 21.2 Å². The van der Waals surface area contributed by atoms with Crippen LogP contribution in [0.2, 0.25) is 0 Å². The molecule has 1 aromatic heterocycles. The molecule has 1 N–H and O–H groups in total. The molecule has 1 heterocycles. The summed E-state index contributed by atoms with van der Waals surface area (Å²) in [7, 11) is 0. The van der Waals surface area contributed by atoms with E-state index in [-0.39, 0.29) is 21.6 Å². The third-order valence-electron chi connectivity index (χ3n) is 7.35. The van der Waals surface area contributed by atoms with Gasteiger partial charge in [-0.1, -0.05) is 15.9 Å². The molecule has 152 valence electrons. The van der Waals surface area contributed by atoms with Crippen molar-refractivity contribution in [3.05, 3.63) is 16.0 Å². The number of amides is 1. The topological polar surface area (TPSA) is 55.4 Å². The first-order chi connectivity index (χ1) is 13.4. The molecular weight excluding hydrogens is 438 g/mol. The Balaban J connectivity index is 1.45. The van der Waals surface area contributed by atoms with Crippen LogP contribution in [0.3, 0.4) is 0 Å². The van der Waals surface area contributed by atoms with E-state index >= 15 is 0 Å². The molecule has 5 aliphatic carbocycles. The maximum atomic E-state index is 13.6. The molecule has 0 unspecified atom stereocenters. The van der Waals surface area contributed by atoms with E-state index in [0.717, 1.165) is 55.5 Å². The minimum absolute atomic E-state index is 0.134. The van der Waals surface area contributed by atoms with Gasteiger partial charge in [-0.05, 0) is 88.5 Å². The monoisotopic (exact) mass is 465 g/mol. The van der Waals surface area contributed by atoms with E-state index in [9.17, 15) is 9.59 Å². The van der Waals surface area contributed by atoms with Crippen molar-refractivity contribution in [2.45, 2.75) is 75.5 Å². The molecular formula is C22H28BrNO3S. The van der Waals surface area contributed by atoms with Gasteiger partial charge in [-0.3, -0.25) is 4.79 Å². The number of esters is 1. The Bertz CT molecular complexity index is 818. The van der Waals surface area contributed by atoms with E-state index in [1.54, 1.807) is 11.3 Å². The largest absolute Gasteiger partial charge is 0.462 e. The van der Waals surface area contributed by atoms with Gasteiger partial charge in [0.15, 0.2) is 0 Å². The maximum Gasteiger partial charge on any atom is 0.341 e. The molecule has 1 aromatic rings. The van der Waals surface area contributed by atoms with Crippen molar-refractivity contribution in [3.63, 3.8) is 0 Å². The van der Waals surface area contributed by atoms with E-state index in [1.807, 2.05) is 6.92 Å². The summed E-state index contributed by atoms with van der Waals surface area (Å²) in [4.78, 5) is 27.5. The number of carbonyl (C=O) groups excluding carboxylic acids is 2. The van der Waals surface area contributed by atoms with Crippen LogP contribution in [0.25, 0.3) is 0 Å². The number of carbonyl (C=O) groups is 2. The molecule has 4 nitrogen and oxygen atoms in total. The zero-order valence-electron chi connectivity index (χ0n) is 16.4. The number of halogens is 1. The minimum Gasteiger partial charge on any atom is -0.462 e. The predicted octanol–water partition coefficient (Wildman–Crippen LogP) is 5.48. The molecule has 0 saturated heterocycles. The Morgan fingerprint density at radius 3 is 2.57 bits per heavy atom. The molecule has 6 rings (SSSR count). The molecule has 0 spiro atoms. The highest BCUT2D eigenvalue weighted by Gasteiger charge is 2.59. The fraction of sp³-hybridized carbons (Fsp3) is 0.727. The fourth-order valence-electron chi connectivity index (χ4n) is 6.73. The van der Waals surface area contributed by atoms with E-state index in [4.69, 9.17) is 4.74 Å². The number of alkyl halides is 1. The number of hydrogen-bond acceptors (Lipinski definition) is 4. The van der Waals surface area contributed by atoms with Gasteiger partial charge in [-0.2, -0.15) is 0 Å². The normalized spacial score (nSPS) is 35.5. The molecule has 4 saturated carbocycles. The average molecular weight is 466 g/mol. The summed E-state index contributed by atoms with van der Waals surface area (Å²) in [6.07, 6.45) is 10.8. The number of ether oxygens (including phenoxy) is 1. The van der Waals surface area contributed by atoms with Crippen LogP contribution in [0.15, 0.2) is 0 Å². The van der Waals surface area contributed by atoms with Crippen molar-refractivity contribution in [1.82, 2.24) is 0 Å². The number of rotatable bonds is 4. The molecule has 5 aliphatic rings. The van der Waals surface area contributed by atoms with Gasteiger partial charge in [0.2, 0.25) is 5.91 Å². The van der Waals surface area contributed by atoms with Gasteiger partial charge in [0, 0.05) is 9.20 Å². The molecule has 28 heavy (non-hydrogen) atoms. The van der Waals surface area contributed by atoms with Gasteiger partial charge in [0.1, 0.15) is 5.00 Å². The number of fused-ring (bicyclic) bond motifs is 1. The third-order valence-corrected chi connectivity index (χ3v) is 9.48. The van der Waals surface area contributed by atoms with Crippen LogP contribution in [0.1, 0.15) is 79.1 Å². The summed E-state index contributed by atoms with van der Waals surface area (Å²) in [5.41, 5.74) is 1.48. The Morgan fingerprint density at radius 1 is 1.18 bits per heavy atom. The second kappa shape index (κ2) is 6.83. The van der Waals surface area contributed by atoms with Crippen molar-refractivity contribution >= 4 is 44.1 Å². The van der Waals surface area contributed by atoms with Crippen molar-refractivity contribution in [2.24, 2.45) is 17.3 Å². The van der Waals surface area contributed by atoms with Crippen molar-refractivity contribution < 1.29 is 14.3 Å². The third kappa shape index (κ3) is 3.06. The number of nitrogens with one attached hydrogen (secondary N) is 1. The van der Waals surface area contributed by atoms with Crippen molar-refractivity contribution in [3.8, 4) is 0 Å². The highest BCUT2D eigenvalue weighted by atomic mass is 79.9. The molecule has 1 amide bonds. The van der Waals surface area contributed by atoms with Gasteiger partial charge in [-0.25, -0.2) is 4.79 Å². The second-order valence-electron chi connectivity index (χ2n) is 9.48. The van der Waals surface area contributed by atoms with Crippen molar-refractivity contribution in [1.29, 1.82) is 0 Å². The lowest BCUT2D eigenvalue weighted by Crippen LogP contribution is -2.57. The lowest BCUT2D eigenvalue weighted by molar-refractivity contribution is -0.138. The Hall–Kier alpha value is -0.880. The summed E-state index contributed by atoms with van der Waals surface area (Å²) in [6, 6.07) is 0. The average Bonchev–Trinajstić information content (AvgIpc) is 2.97. The van der Waals surface area contributed by atoms with E-state index in [0.29, 0.717) is 24.0 Å². The van der Waals surface area contributed by atoms with Crippen LogP contribution >= 0.6 is 27.3 Å². The SMILES string of the molecule is CCOC(=O)c1c(NC(=O)C23C[C@H]4C[C@@H](CC(Br)(C4)C2)C3)sc2c1CCCC2. The molecule has 0 radical (unpaired) electrons. The van der Waals surface area contributed by atoms with Gasteiger partial charge in [0.25, 0.3) is 0 Å². The zero-order chi connectivity index (χ0) is 19.5. The Kier molecular flexibility index (Phi) is 4.66. The van der Waals surface area contributed by atoms with Gasteiger partial charge in [0.05, 0.1) is 17.6 Å². The quantitative estimate of drug-likeness (QED) is 0.473. The van der Waals surface area contributed by atoms with Crippen LogP contribution in [-0.2, 0) is 22.4 Å². The standard InChI is InChI=1S/C22H28BrNO3S/c1-2-27-19(25)17-15-5-3-4-6-16(15)28-18(17)24-20(26)21-8-13-7-14(9-21)11-22(23,10-13)12-21/h13-14H,2-12H2,1H3,(H,24,26)/t13-,14-,21?,22?/m1/s1. The number of hydrogen-bond donors (Lipinski definition) is 1. The fourth-order valence-corrected chi connectivity index (χ4v) is 9.45. The predicted molar refractivity (Wildman–Crippen MR) is 114 cm³/mol. The lowest BCUT2D eigenvalue weighted by Gasteiger charge is -2.59. The van der Waals surface area contributed by atoms with Crippen LogP contribution in [-0.4, -0.2) is 22.8 Å². The summed E-state index contributed by atoms with van der Waals surface area (Å²) < 4.78 is 5.49. The van der Waals surface area contributed by atoms with Crippen LogP contribution < -0.4 is 5.32 Å². The van der Waals surface area contributed by atoms with E-state index in [1.165, 1.54) is 24.1 Å². The lowest BCUT2D eigenvalue weighted by atomic mass is 9.49. The zero-order valence-corrected chi connectivity index (χ0v) is 18.8.